The lowest BCUT2D eigenvalue weighted by Crippen LogP contribution is -2.32. The summed E-state index contributed by atoms with van der Waals surface area (Å²) in [5, 5.41) is 12.9. The quantitative estimate of drug-likeness (QED) is 0.888. The van der Waals surface area contributed by atoms with Crippen LogP contribution >= 0.6 is 0 Å². The third-order valence-electron chi connectivity index (χ3n) is 3.69. The summed E-state index contributed by atoms with van der Waals surface area (Å²) >= 11 is 0. The van der Waals surface area contributed by atoms with Gasteiger partial charge in [-0.3, -0.25) is 4.79 Å². The predicted molar refractivity (Wildman–Crippen MR) is 79.8 cm³/mol. The summed E-state index contributed by atoms with van der Waals surface area (Å²) in [5.41, 5.74) is 2.05. The van der Waals surface area contributed by atoms with E-state index in [0.717, 1.165) is 22.3 Å². The van der Waals surface area contributed by atoms with Crippen molar-refractivity contribution in [3.63, 3.8) is 0 Å². The third kappa shape index (κ3) is 2.32. The molecular formula is C17H16FNO2. The summed E-state index contributed by atoms with van der Waals surface area (Å²) in [6.07, 6.45) is -0.716. The fraction of sp³-hybridized carbons (Fsp3) is 0.235. The highest BCUT2D eigenvalue weighted by atomic mass is 19.1. The molecule has 21 heavy (non-hydrogen) atoms. The van der Waals surface area contributed by atoms with E-state index < -0.39 is 17.7 Å². The number of nitrogens with one attached hydrogen (secondary N) is 1. The number of halogens is 1. The smallest absolute Gasteiger partial charge is 0.261 e. The normalized spacial score (nSPS) is 16.3. The molecule has 0 radical (unpaired) electrons. The molecule has 2 aromatic rings. The average Bonchev–Trinajstić information content (AvgIpc) is 2.72. The van der Waals surface area contributed by atoms with E-state index in [1.165, 1.54) is 13.8 Å². The number of hydrogen-bond acceptors (Lipinski definition) is 2. The first-order chi connectivity index (χ1) is 9.88. The fourth-order valence-corrected chi connectivity index (χ4v) is 2.54. The second kappa shape index (κ2) is 4.67. The van der Waals surface area contributed by atoms with Crippen LogP contribution in [-0.2, 0) is 4.79 Å². The lowest BCUT2D eigenvalue weighted by atomic mass is 10.0. The molecule has 0 saturated carbocycles. The molecule has 0 heterocycles. The number of amides is 1. The topological polar surface area (TPSA) is 49.3 Å². The van der Waals surface area contributed by atoms with Crippen molar-refractivity contribution in [1.29, 1.82) is 0 Å². The second-order valence-electron chi connectivity index (χ2n) is 5.72. The molecule has 1 amide bonds. The molecule has 108 valence electrons. The minimum atomic E-state index is -1.94. The van der Waals surface area contributed by atoms with Crippen LogP contribution in [0.4, 0.5) is 10.1 Å². The van der Waals surface area contributed by atoms with Crippen LogP contribution in [0.1, 0.15) is 31.1 Å². The number of aliphatic hydroxyl groups excluding tert-OH is 1. The van der Waals surface area contributed by atoms with Crippen LogP contribution in [0.5, 0.6) is 0 Å². The van der Waals surface area contributed by atoms with Gasteiger partial charge in [0.2, 0.25) is 0 Å². The molecule has 1 aliphatic rings. The Morgan fingerprint density at radius 1 is 1.14 bits per heavy atom. The zero-order valence-corrected chi connectivity index (χ0v) is 11.9. The standard InChI is InChI=1S/C17H16FNO2/c1-17(2,18)16(21)19-10-7-8-12-11-5-3-4-6-13(11)15(20)14(12)9-10/h3-9,15,20H,1-2H3,(H,19,21). The van der Waals surface area contributed by atoms with Gasteiger partial charge in [0.25, 0.3) is 5.91 Å². The Balaban J connectivity index is 1.96. The maximum Gasteiger partial charge on any atom is 0.261 e. The maximum absolute atomic E-state index is 13.6. The summed E-state index contributed by atoms with van der Waals surface area (Å²) in [6, 6.07) is 12.9. The molecule has 0 fully saturated rings. The molecule has 1 unspecified atom stereocenters. The van der Waals surface area contributed by atoms with E-state index in [9.17, 15) is 14.3 Å². The molecule has 1 atom stereocenters. The van der Waals surface area contributed by atoms with Gasteiger partial charge in [0.05, 0.1) is 0 Å². The Bertz CT molecular complexity index is 719. The predicted octanol–water partition coefficient (Wildman–Crippen LogP) is 3.44. The van der Waals surface area contributed by atoms with Crippen LogP contribution in [0.3, 0.4) is 0 Å². The van der Waals surface area contributed by atoms with Crippen molar-refractivity contribution in [3.8, 4) is 11.1 Å². The van der Waals surface area contributed by atoms with Gasteiger partial charge in [-0.05, 0) is 48.2 Å². The molecule has 0 bridgehead atoms. The molecule has 1 aliphatic carbocycles. The summed E-state index contributed by atoms with van der Waals surface area (Å²) in [7, 11) is 0. The first-order valence-electron chi connectivity index (χ1n) is 6.79. The number of benzene rings is 2. The Hall–Kier alpha value is -2.20. The van der Waals surface area contributed by atoms with Crippen LogP contribution in [0, 0.1) is 0 Å². The Kier molecular flexibility index (Phi) is 3.06. The van der Waals surface area contributed by atoms with E-state index in [0.29, 0.717) is 5.69 Å². The first-order valence-corrected chi connectivity index (χ1v) is 6.79. The van der Waals surface area contributed by atoms with E-state index in [4.69, 9.17) is 0 Å². The summed E-state index contributed by atoms with van der Waals surface area (Å²) in [6.45, 7) is 2.42. The van der Waals surface area contributed by atoms with Gasteiger partial charge in [0, 0.05) is 5.69 Å². The van der Waals surface area contributed by atoms with Crippen LogP contribution in [0.25, 0.3) is 11.1 Å². The highest BCUT2D eigenvalue weighted by Gasteiger charge is 2.29. The van der Waals surface area contributed by atoms with Gasteiger partial charge >= 0.3 is 0 Å². The van der Waals surface area contributed by atoms with E-state index in [1.54, 1.807) is 12.1 Å². The van der Waals surface area contributed by atoms with Crippen molar-refractivity contribution in [2.75, 3.05) is 5.32 Å². The van der Waals surface area contributed by atoms with Gasteiger partial charge in [-0.25, -0.2) is 4.39 Å². The van der Waals surface area contributed by atoms with Gasteiger partial charge in [-0.15, -0.1) is 0 Å². The number of hydrogen-bond donors (Lipinski definition) is 2. The number of carbonyl (C=O) groups is 1. The molecule has 2 aromatic carbocycles. The van der Waals surface area contributed by atoms with Gasteiger partial charge in [-0.1, -0.05) is 30.3 Å². The molecule has 0 spiro atoms. The number of carbonyl (C=O) groups excluding carboxylic acids is 1. The van der Waals surface area contributed by atoms with Crippen molar-refractivity contribution in [2.45, 2.75) is 25.6 Å². The number of fused-ring (bicyclic) bond motifs is 3. The Labute approximate surface area is 122 Å². The summed E-state index contributed by atoms with van der Waals surface area (Å²) in [4.78, 5) is 11.7. The molecular weight excluding hydrogens is 269 g/mol. The molecule has 0 aromatic heterocycles. The van der Waals surface area contributed by atoms with Crippen LogP contribution in [0.15, 0.2) is 42.5 Å². The van der Waals surface area contributed by atoms with Crippen molar-refractivity contribution < 1.29 is 14.3 Å². The minimum absolute atomic E-state index is 0.483. The molecule has 2 N–H and O–H groups in total. The van der Waals surface area contributed by atoms with Gasteiger partial charge in [0.15, 0.2) is 5.67 Å². The molecule has 3 nitrogen and oxygen atoms in total. The second-order valence-corrected chi connectivity index (χ2v) is 5.72. The number of alkyl halides is 1. The lowest BCUT2D eigenvalue weighted by molar-refractivity contribution is -0.125. The van der Waals surface area contributed by atoms with E-state index in [-0.39, 0.29) is 0 Å². The lowest BCUT2D eigenvalue weighted by Gasteiger charge is -2.15. The monoisotopic (exact) mass is 285 g/mol. The largest absolute Gasteiger partial charge is 0.384 e. The molecule has 3 rings (SSSR count). The number of aliphatic hydroxyl groups is 1. The zero-order chi connectivity index (χ0) is 15.2. The minimum Gasteiger partial charge on any atom is -0.384 e. The Morgan fingerprint density at radius 2 is 1.81 bits per heavy atom. The van der Waals surface area contributed by atoms with Crippen molar-refractivity contribution in [2.24, 2.45) is 0 Å². The average molecular weight is 285 g/mol. The van der Waals surface area contributed by atoms with Crippen molar-refractivity contribution in [1.82, 2.24) is 0 Å². The van der Waals surface area contributed by atoms with Crippen LogP contribution < -0.4 is 5.32 Å². The highest BCUT2D eigenvalue weighted by Crippen LogP contribution is 2.44. The zero-order valence-electron chi connectivity index (χ0n) is 11.9. The SMILES string of the molecule is CC(C)(F)C(=O)Nc1ccc2c(c1)C(O)c1ccccc1-2. The highest BCUT2D eigenvalue weighted by molar-refractivity contribution is 5.97. The van der Waals surface area contributed by atoms with Crippen molar-refractivity contribution in [3.05, 3.63) is 53.6 Å². The van der Waals surface area contributed by atoms with Crippen LogP contribution in [0.2, 0.25) is 0 Å². The van der Waals surface area contributed by atoms with E-state index in [2.05, 4.69) is 5.32 Å². The van der Waals surface area contributed by atoms with Gasteiger partial charge in [0.1, 0.15) is 6.10 Å². The van der Waals surface area contributed by atoms with Crippen LogP contribution in [-0.4, -0.2) is 16.7 Å². The maximum atomic E-state index is 13.6. The van der Waals surface area contributed by atoms with Gasteiger partial charge < -0.3 is 10.4 Å². The van der Waals surface area contributed by atoms with Gasteiger partial charge in [-0.2, -0.15) is 0 Å². The fourth-order valence-electron chi connectivity index (χ4n) is 2.54. The molecule has 4 heteroatoms. The number of anilines is 1. The van der Waals surface area contributed by atoms with E-state index >= 15 is 0 Å². The first kappa shape index (κ1) is 13.8. The van der Waals surface area contributed by atoms with Crippen molar-refractivity contribution >= 4 is 11.6 Å². The summed E-state index contributed by atoms with van der Waals surface area (Å²) in [5.74, 6) is -0.701. The molecule has 0 aliphatic heterocycles. The molecule has 0 saturated heterocycles. The third-order valence-corrected chi connectivity index (χ3v) is 3.69. The van der Waals surface area contributed by atoms with E-state index in [1.807, 2.05) is 30.3 Å². The number of rotatable bonds is 2. The Morgan fingerprint density at radius 3 is 2.52 bits per heavy atom. The summed E-state index contributed by atoms with van der Waals surface area (Å²) < 4.78 is 13.6.